The van der Waals surface area contributed by atoms with Crippen molar-refractivity contribution in [2.45, 2.75) is 0 Å². The first-order valence-corrected chi connectivity index (χ1v) is 7.95. The summed E-state index contributed by atoms with van der Waals surface area (Å²) in [6.07, 6.45) is 8.83. The van der Waals surface area contributed by atoms with E-state index in [1.165, 1.54) is 0 Å². The van der Waals surface area contributed by atoms with Crippen LogP contribution in [-0.4, -0.2) is 15.0 Å². The molecule has 2 aromatic carbocycles. The molecule has 0 radical (unpaired) electrons. The zero-order chi connectivity index (χ0) is 16.9. The highest BCUT2D eigenvalue weighted by molar-refractivity contribution is 5.80. The van der Waals surface area contributed by atoms with Gasteiger partial charge in [-0.1, -0.05) is 42.5 Å². The van der Waals surface area contributed by atoms with Gasteiger partial charge in [-0.15, -0.1) is 0 Å². The lowest BCUT2D eigenvalue weighted by Crippen LogP contribution is -1.88. The molecular formula is C21H15N3O. The number of ether oxygens (including phenoxy) is 1. The van der Waals surface area contributed by atoms with Gasteiger partial charge in [-0.25, -0.2) is 9.97 Å². The zero-order valence-electron chi connectivity index (χ0n) is 13.4. The minimum absolute atomic E-state index is 0.478. The van der Waals surface area contributed by atoms with Crippen molar-refractivity contribution < 1.29 is 4.74 Å². The van der Waals surface area contributed by atoms with Crippen LogP contribution in [0.4, 0.5) is 0 Å². The van der Waals surface area contributed by atoms with Crippen molar-refractivity contribution >= 4 is 23.1 Å². The summed E-state index contributed by atoms with van der Waals surface area (Å²) in [5.41, 5.74) is 3.00. The van der Waals surface area contributed by atoms with Crippen molar-refractivity contribution in [3.8, 4) is 11.6 Å². The van der Waals surface area contributed by atoms with Crippen molar-refractivity contribution in [1.29, 1.82) is 0 Å². The van der Waals surface area contributed by atoms with E-state index in [0.29, 0.717) is 5.88 Å². The molecule has 25 heavy (non-hydrogen) atoms. The van der Waals surface area contributed by atoms with Gasteiger partial charge in [-0.3, -0.25) is 4.98 Å². The molecule has 4 nitrogen and oxygen atoms in total. The second-order valence-corrected chi connectivity index (χ2v) is 5.48. The Morgan fingerprint density at radius 1 is 0.800 bits per heavy atom. The molecule has 0 saturated heterocycles. The molecule has 2 heterocycles. The first-order chi connectivity index (χ1) is 12.4. The van der Waals surface area contributed by atoms with Gasteiger partial charge in [0.2, 0.25) is 5.88 Å². The van der Waals surface area contributed by atoms with Gasteiger partial charge in [0.1, 0.15) is 5.75 Å². The monoisotopic (exact) mass is 325 g/mol. The second kappa shape index (κ2) is 6.93. The maximum absolute atomic E-state index is 5.63. The van der Waals surface area contributed by atoms with Crippen LogP contribution in [0, 0.1) is 0 Å². The fourth-order valence-corrected chi connectivity index (χ4v) is 2.46. The lowest BCUT2D eigenvalue weighted by Gasteiger charge is -2.03. The highest BCUT2D eigenvalue weighted by Gasteiger charge is 1.98. The lowest BCUT2D eigenvalue weighted by molar-refractivity contribution is 0.460. The molecule has 0 aliphatic carbocycles. The van der Waals surface area contributed by atoms with E-state index in [4.69, 9.17) is 4.74 Å². The van der Waals surface area contributed by atoms with E-state index in [1.54, 1.807) is 18.6 Å². The first kappa shape index (κ1) is 15.0. The Balaban J connectivity index is 1.49. The van der Waals surface area contributed by atoms with Gasteiger partial charge in [-0.05, 0) is 35.9 Å². The third-order valence-corrected chi connectivity index (χ3v) is 3.71. The predicted octanol–water partition coefficient (Wildman–Crippen LogP) is 4.99. The van der Waals surface area contributed by atoms with Gasteiger partial charge in [0, 0.05) is 17.8 Å². The molecule has 0 saturated carbocycles. The highest BCUT2D eigenvalue weighted by Crippen LogP contribution is 2.20. The van der Waals surface area contributed by atoms with E-state index in [2.05, 4.69) is 27.1 Å². The van der Waals surface area contributed by atoms with Gasteiger partial charge in [-0.2, -0.15) is 0 Å². The largest absolute Gasteiger partial charge is 0.438 e. The van der Waals surface area contributed by atoms with Crippen molar-refractivity contribution in [3.05, 3.63) is 90.5 Å². The number of benzene rings is 2. The fraction of sp³-hybridized carbons (Fsp3) is 0. The van der Waals surface area contributed by atoms with E-state index >= 15 is 0 Å². The van der Waals surface area contributed by atoms with Crippen molar-refractivity contribution in [2.75, 3.05) is 0 Å². The quantitative estimate of drug-likeness (QED) is 0.530. The maximum Gasteiger partial charge on any atom is 0.237 e. The third-order valence-electron chi connectivity index (χ3n) is 3.71. The van der Waals surface area contributed by atoms with Crippen LogP contribution < -0.4 is 4.74 Å². The number of rotatable bonds is 4. The average Bonchev–Trinajstić information content (AvgIpc) is 2.68. The van der Waals surface area contributed by atoms with E-state index in [9.17, 15) is 0 Å². The second-order valence-electron chi connectivity index (χ2n) is 5.48. The van der Waals surface area contributed by atoms with E-state index in [0.717, 1.165) is 27.9 Å². The molecule has 4 aromatic rings. The van der Waals surface area contributed by atoms with Gasteiger partial charge in [0.15, 0.2) is 0 Å². The zero-order valence-corrected chi connectivity index (χ0v) is 13.4. The number of pyridine rings is 1. The molecule has 120 valence electrons. The Labute approximate surface area is 145 Å². The minimum atomic E-state index is 0.478. The molecule has 0 fully saturated rings. The van der Waals surface area contributed by atoms with E-state index in [1.807, 2.05) is 60.7 Å². The van der Waals surface area contributed by atoms with Gasteiger partial charge in [0.05, 0.1) is 17.4 Å². The van der Waals surface area contributed by atoms with Crippen molar-refractivity contribution in [3.63, 3.8) is 0 Å². The van der Waals surface area contributed by atoms with Crippen LogP contribution in [0.2, 0.25) is 0 Å². The Kier molecular flexibility index (Phi) is 4.16. The van der Waals surface area contributed by atoms with E-state index in [-0.39, 0.29) is 0 Å². The number of aromatic nitrogens is 3. The Bertz CT molecular complexity index is 1010. The van der Waals surface area contributed by atoms with Crippen LogP contribution in [0.15, 0.2) is 79.3 Å². The summed E-state index contributed by atoms with van der Waals surface area (Å²) in [4.78, 5) is 12.7. The smallest absolute Gasteiger partial charge is 0.237 e. The standard InChI is InChI=1S/C21H15N3O/c1-2-4-20-17(3-1)8-10-18(24-20)9-5-16-6-11-19(12-7-16)25-21-15-22-13-14-23-21/h1-15H/b9-5+. The predicted molar refractivity (Wildman–Crippen MR) is 99.2 cm³/mol. The topological polar surface area (TPSA) is 47.9 Å². The molecule has 0 bridgehead atoms. The van der Waals surface area contributed by atoms with Crippen LogP contribution in [-0.2, 0) is 0 Å². The Morgan fingerprint density at radius 3 is 2.52 bits per heavy atom. The molecule has 0 amide bonds. The Hall–Kier alpha value is -3.53. The Morgan fingerprint density at radius 2 is 1.68 bits per heavy atom. The van der Waals surface area contributed by atoms with Crippen LogP contribution in [0.1, 0.15) is 11.3 Å². The summed E-state index contributed by atoms with van der Waals surface area (Å²) in [5, 5.41) is 1.14. The maximum atomic E-state index is 5.63. The molecule has 0 spiro atoms. The highest BCUT2D eigenvalue weighted by atomic mass is 16.5. The van der Waals surface area contributed by atoms with Gasteiger partial charge in [0.25, 0.3) is 0 Å². The molecule has 0 N–H and O–H groups in total. The molecule has 0 unspecified atom stereocenters. The first-order valence-electron chi connectivity index (χ1n) is 7.95. The van der Waals surface area contributed by atoms with E-state index < -0.39 is 0 Å². The van der Waals surface area contributed by atoms with Crippen molar-refractivity contribution in [2.24, 2.45) is 0 Å². The van der Waals surface area contributed by atoms with Crippen LogP contribution in [0.25, 0.3) is 23.1 Å². The molecular weight excluding hydrogens is 310 g/mol. The molecule has 4 heteroatoms. The molecule has 2 aromatic heterocycles. The summed E-state index contributed by atoms with van der Waals surface area (Å²) < 4.78 is 5.63. The number of hydrogen-bond donors (Lipinski definition) is 0. The lowest BCUT2D eigenvalue weighted by atomic mass is 10.1. The van der Waals surface area contributed by atoms with Gasteiger partial charge >= 0.3 is 0 Å². The summed E-state index contributed by atoms with van der Waals surface area (Å²) in [7, 11) is 0. The molecule has 0 aliphatic rings. The summed E-state index contributed by atoms with van der Waals surface area (Å²) >= 11 is 0. The number of nitrogens with zero attached hydrogens (tertiary/aromatic N) is 3. The third kappa shape index (κ3) is 3.70. The normalized spacial score (nSPS) is 11.0. The van der Waals surface area contributed by atoms with Crippen LogP contribution >= 0.6 is 0 Å². The number of para-hydroxylation sites is 1. The molecule has 0 atom stereocenters. The fourth-order valence-electron chi connectivity index (χ4n) is 2.46. The summed E-state index contributed by atoms with van der Waals surface area (Å²) in [6.45, 7) is 0. The average molecular weight is 325 g/mol. The van der Waals surface area contributed by atoms with Crippen molar-refractivity contribution in [1.82, 2.24) is 15.0 Å². The minimum Gasteiger partial charge on any atom is -0.438 e. The van der Waals surface area contributed by atoms with Gasteiger partial charge < -0.3 is 4.74 Å². The SMILES string of the molecule is C(=C\c1ccc2ccccc2n1)/c1ccc(Oc2cnccn2)cc1. The number of fused-ring (bicyclic) bond motifs is 1. The number of hydrogen-bond acceptors (Lipinski definition) is 4. The summed E-state index contributed by atoms with van der Waals surface area (Å²) in [5.74, 6) is 1.20. The van der Waals surface area contributed by atoms with Crippen LogP contribution in [0.5, 0.6) is 11.6 Å². The molecule has 0 aliphatic heterocycles. The molecule has 4 rings (SSSR count). The van der Waals surface area contributed by atoms with Crippen LogP contribution in [0.3, 0.4) is 0 Å². The summed E-state index contributed by atoms with van der Waals surface area (Å²) in [6, 6.07) is 20.0.